The van der Waals surface area contributed by atoms with Gasteiger partial charge in [0.2, 0.25) is 5.91 Å². The molecule has 2 aliphatic rings. The van der Waals surface area contributed by atoms with Crippen LogP contribution in [-0.4, -0.2) is 34.5 Å². The molecule has 0 saturated heterocycles. The van der Waals surface area contributed by atoms with Crippen LogP contribution in [-0.2, 0) is 9.59 Å². The summed E-state index contributed by atoms with van der Waals surface area (Å²) in [6.07, 6.45) is 8.38. The standard InChI is InChI=1S/C15H23NO3/c1-2-10-16(11-6-3-4-7-11)14(17)12-8-5-9-13(12)15(18)19/h2,11-13H,1,3-10H2,(H,18,19)/t12-,13+/m1/s1. The summed E-state index contributed by atoms with van der Waals surface area (Å²) in [5.41, 5.74) is 0. The van der Waals surface area contributed by atoms with Crippen LogP contribution >= 0.6 is 0 Å². The first-order valence-electron chi connectivity index (χ1n) is 7.29. The minimum atomic E-state index is -0.819. The molecule has 0 spiro atoms. The normalized spacial score (nSPS) is 27.4. The van der Waals surface area contributed by atoms with Crippen molar-refractivity contribution < 1.29 is 14.7 Å². The van der Waals surface area contributed by atoms with Crippen LogP contribution in [0.15, 0.2) is 12.7 Å². The van der Waals surface area contributed by atoms with Crippen molar-refractivity contribution in [3.05, 3.63) is 12.7 Å². The minimum Gasteiger partial charge on any atom is -0.481 e. The van der Waals surface area contributed by atoms with Crippen molar-refractivity contribution in [3.8, 4) is 0 Å². The number of carbonyl (C=O) groups excluding carboxylic acids is 1. The summed E-state index contributed by atoms with van der Waals surface area (Å²) in [6, 6.07) is 0.292. The van der Waals surface area contributed by atoms with Crippen molar-refractivity contribution in [1.82, 2.24) is 4.90 Å². The summed E-state index contributed by atoms with van der Waals surface area (Å²) in [6.45, 7) is 4.27. The first kappa shape index (κ1) is 14.1. The van der Waals surface area contributed by atoms with E-state index >= 15 is 0 Å². The summed E-state index contributed by atoms with van der Waals surface area (Å²) in [4.78, 5) is 25.8. The number of amides is 1. The molecule has 0 bridgehead atoms. The summed E-state index contributed by atoms with van der Waals surface area (Å²) in [5.74, 6) is -1.59. The number of carboxylic acid groups (broad SMARTS) is 1. The highest BCUT2D eigenvalue weighted by atomic mass is 16.4. The molecule has 106 valence electrons. The van der Waals surface area contributed by atoms with Gasteiger partial charge in [-0.05, 0) is 25.7 Å². The van der Waals surface area contributed by atoms with Crippen LogP contribution in [0.5, 0.6) is 0 Å². The summed E-state index contributed by atoms with van der Waals surface area (Å²) in [7, 11) is 0. The molecule has 0 radical (unpaired) electrons. The topological polar surface area (TPSA) is 57.6 Å². The van der Waals surface area contributed by atoms with Gasteiger partial charge in [-0.3, -0.25) is 9.59 Å². The zero-order chi connectivity index (χ0) is 13.8. The van der Waals surface area contributed by atoms with E-state index in [1.54, 1.807) is 6.08 Å². The van der Waals surface area contributed by atoms with E-state index in [9.17, 15) is 14.7 Å². The number of nitrogens with zero attached hydrogens (tertiary/aromatic N) is 1. The third-order valence-electron chi connectivity index (χ3n) is 4.52. The Bertz CT molecular complexity index is 360. The molecule has 0 aromatic rings. The molecule has 2 aliphatic carbocycles. The molecule has 2 rings (SSSR count). The zero-order valence-electron chi connectivity index (χ0n) is 11.4. The minimum absolute atomic E-state index is 0.0386. The van der Waals surface area contributed by atoms with Crippen molar-refractivity contribution in [2.45, 2.75) is 51.0 Å². The zero-order valence-corrected chi connectivity index (χ0v) is 11.4. The molecule has 0 heterocycles. The molecular formula is C15H23NO3. The SMILES string of the molecule is C=CCN(C(=O)[C@@H]1CCC[C@@H]1C(=O)O)C1CCCC1. The lowest BCUT2D eigenvalue weighted by Crippen LogP contribution is -2.44. The van der Waals surface area contributed by atoms with Crippen LogP contribution in [0.4, 0.5) is 0 Å². The third-order valence-corrected chi connectivity index (χ3v) is 4.52. The Balaban J connectivity index is 2.09. The fourth-order valence-corrected chi connectivity index (χ4v) is 3.54. The van der Waals surface area contributed by atoms with E-state index in [1.165, 1.54) is 12.8 Å². The Hall–Kier alpha value is -1.32. The molecule has 2 atom stereocenters. The molecule has 0 aromatic carbocycles. The largest absolute Gasteiger partial charge is 0.481 e. The van der Waals surface area contributed by atoms with Crippen LogP contribution in [0, 0.1) is 11.8 Å². The number of carbonyl (C=O) groups is 2. The molecule has 2 saturated carbocycles. The fraction of sp³-hybridized carbons (Fsp3) is 0.733. The van der Waals surface area contributed by atoms with E-state index in [2.05, 4.69) is 6.58 Å². The third kappa shape index (κ3) is 2.99. The average molecular weight is 265 g/mol. The van der Waals surface area contributed by atoms with E-state index in [0.29, 0.717) is 19.0 Å². The van der Waals surface area contributed by atoms with E-state index in [4.69, 9.17) is 0 Å². The van der Waals surface area contributed by atoms with Crippen molar-refractivity contribution in [1.29, 1.82) is 0 Å². The van der Waals surface area contributed by atoms with Crippen LogP contribution in [0.1, 0.15) is 44.9 Å². The number of rotatable bonds is 5. The lowest BCUT2D eigenvalue weighted by molar-refractivity contribution is -0.149. The maximum Gasteiger partial charge on any atom is 0.307 e. The first-order chi connectivity index (χ1) is 9.15. The van der Waals surface area contributed by atoms with Gasteiger partial charge >= 0.3 is 5.97 Å². The summed E-state index contributed by atoms with van der Waals surface area (Å²) >= 11 is 0. The highest BCUT2D eigenvalue weighted by Crippen LogP contribution is 2.35. The Labute approximate surface area is 114 Å². The van der Waals surface area contributed by atoms with Gasteiger partial charge in [-0.25, -0.2) is 0 Å². The number of hydrogen-bond donors (Lipinski definition) is 1. The molecule has 1 amide bonds. The van der Waals surface area contributed by atoms with Gasteiger partial charge in [0, 0.05) is 12.6 Å². The molecule has 4 heteroatoms. The van der Waals surface area contributed by atoms with Gasteiger partial charge in [0.05, 0.1) is 11.8 Å². The molecule has 0 aromatic heterocycles. The number of carboxylic acids is 1. The Morgan fingerprint density at radius 1 is 1.11 bits per heavy atom. The van der Waals surface area contributed by atoms with Gasteiger partial charge in [0.25, 0.3) is 0 Å². The van der Waals surface area contributed by atoms with Gasteiger partial charge in [0.1, 0.15) is 0 Å². The highest BCUT2D eigenvalue weighted by molar-refractivity contribution is 5.85. The van der Waals surface area contributed by atoms with Gasteiger partial charge < -0.3 is 10.0 Å². The molecule has 4 nitrogen and oxygen atoms in total. The molecule has 19 heavy (non-hydrogen) atoms. The van der Waals surface area contributed by atoms with E-state index < -0.39 is 11.9 Å². The molecule has 1 N–H and O–H groups in total. The fourth-order valence-electron chi connectivity index (χ4n) is 3.54. The van der Waals surface area contributed by atoms with Crippen molar-refractivity contribution in [3.63, 3.8) is 0 Å². The Morgan fingerprint density at radius 3 is 2.32 bits per heavy atom. The van der Waals surface area contributed by atoms with Crippen LogP contribution < -0.4 is 0 Å². The van der Waals surface area contributed by atoms with Gasteiger partial charge in [-0.2, -0.15) is 0 Å². The van der Waals surface area contributed by atoms with Crippen LogP contribution in [0.2, 0.25) is 0 Å². The highest BCUT2D eigenvalue weighted by Gasteiger charge is 2.41. The first-order valence-corrected chi connectivity index (χ1v) is 7.29. The maximum absolute atomic E-state index is 12.7. The van der Waals surface area contributed by atoms with Crippen molar-refractivity contribution >= 4 is 11.9 Å². The second-order valence-corrected chi connectivity index (χ2v) is 5.70. The van der Waals surface area contributed by atoms with Gasteiger partial charge in [-0.1, -0.05) is 25.3 Å². The van der Waals surface area contributed by atoms with Crippen molar-refractivity contribution in [2.24, 2.45) is 11.8 Å². The molecule has 0 unspecified atom stereocenters. The predicted molar refractivity (Wildman–Crippen MR) is 72.6 cm³/mol. The van der Waals surface area contributed by atoms with E-state index in [1.807, 2.05) is 4.90 Å². The molecule has 0 aliphatic heterocycles. The smallest absolute Gasteiger partial charge is 0.307 e. The van der Waals surface area contributed by atoms with Gasteiger partial charge in [-0.15, -0.1) is 6.58 Å². The second-order valence-electron chi connectivity index (χ2n) is 5.70. The number of hydrogen-bond acceptors (Lipinski definition) is 2. The van der Waals surface area contributed by atoms with Crippen molar-refractivity contribution in [2.75, 3.05) is 6.54 Å². The van der Waals surface area contributed by atoms with E-state index in [-0.39, 0.29) is 11.8 Å². The average Bonchev–Trinajstić information content (AvgIpc) is 3.05. The predicted octanol–water partition coefficient (Wildman–Crippen LogP) is 2.44. The lowest BCUT2D eigenvalue weighted by atomic mass is 9.94. The van der Waals surface area contributed by atoms with Crippen LogP contribution in [0.3, 0.4) is 0 Å². The maximum atomic E-state index is 12.7. The van der Waals surface area contributed by atoms with Gasteiger partial charge in [0.15, 0.2) is 0 Å². The Morgan fingerprint density at radius 2 is 1.74 bits per heavy atom. The monoisotopic (exact) mass is 265 g/mol. The number of aliphatic carboxylic acids is 1. The Kier molecular flexibility index (Phi) is 4.61. The molecule has 2 fully saturated rings. The van der Waals surface area contributed by atoms with Crippen LogP contribution in [0.25, 0.3) is 0 Å². The molecular weight excluding hydrogens is 242 g/mol. The lowest BCUT2D eigenvalue weighted by Gasteiger charge is -2.31. The summed E-state index contributed by atoms with van der Waals surface area (Å²) in [5, 5.41) is 9.22. The summed E-state index contributed by atoms with van der Waals surface area (Å²) < 4.78 is 0. The quantitative estimate of drug-likeness (QED) is 0.777. The second kappa shape index (κ2) is 6.22. The van der Waals surface area contributed by atoms with E-state index in [0.717, 1.165) is 25.7 Å².